The Morgan fingerprint density at radius 2 is 1.45 bits per heavy atom. The number of carboxylic acid groups (broad SMARTS) is 2. The van der Waals surface area contributed by atoms with Crippen molar-refractivity contribution in [2.75, 3.05) is 5.32 Å². The van der Waals surface area contributed by atoms with Gasteiger partial charge >= 0.3 is 103 Å². The summed E-state index contributed by atoms with van der Waals surface area (Å²) in [7, 11) is 0. The van der Waals surface area contributed by atoms with E-state index in [-0.39, 0.29) is 109 Å². The van der Waals surface area contributed by atoms with Crippen LogP contribution in [-0.4, -0.2) is 17.8 Å². The maximum absolute atomic E-state index is 10.8. The average Bonchev–Trinajstić information content (AvgIpc) is 2.26. The van der Waals surface area contributed by atoms with Crippen molar-refractivity contribution < 1.29 is 127 Å². The first-order chi connectivity index (χ1) is 8.40. The zero-order valence-electron chi connectivity index (χ0n) is 11.4. The molecule has 0 atom stereocenters. The molecule has 0 unspecified atom stereocenters. The molecule has 0 aliphatic heterocycles. The molecular weight excluding hydrogens is 316 g/mol. The minimum Gasteiger partial charge on any atom is -0.545 e. The van der Waals surface area contributed by atoms with E-state index in [1.54, 1.807) is 0 Å². The number of hydrogen-bond acceptors (Lipinski definition) is 5. The number of carbonyl (C=O) groups is 3. The van der Waals surface area contributed by atoms with Crippen LogP contribution in [0, 0.1) is 0 Å². The van der Waals surface area contributed by atoms with Gasteiger partial charge in [-0.25, -0.2) is 0 Å². The van der Waals surface area contributed by atoms with Crippen LogP contribution in [0.5, 0.6) is 0 Å². The van der Waals surface area contributed by atoms with Crippen molar-refractivity contribution >= 4 is 29.6 Å². The first kappa shape index (κ1) is 22.9. The zero-order chi connectivity index (χ0) is 13.7. The number of anilines is 1. The number of aliphatic carboxylic acids is 2. The van der Waals surface area contributed by atoms with Crippen LogP contribution < -0.4 is 118 Å². The molecule has 0 aromatic heterocycles. The van der Waals surface area contributed by atoms with Gasteiger partial charge in [-0.1, -0.05) is 12.1 Å². The predicted octanol–water partition coefficient (Wildman–Crippen LogP) is -7.46. The van der Waals surface area contributed by atoms with Crippen molar-refractivity contribution in [1.29, 1.82) is 0 Å². The molecule has 1 rings (SSSR count). The van der Waals surface area contributed by atoms with Crippen LogP contribution in [0.3, 0.4) is 0 Å². The molecule has 0 spiro atoms. The fourth-order valence-electron chi connectivity index (χ4n) is 1.23. The van der Waals surface area contributed by atoms with Crippen molar-refractivity contribution in [1.82, 2.24) is 0 Å². The number of carbonyl (C=O) groups excluding carboxylic acids is 3. The number of nitrogens with one attached hydrogen (secondary N) is 1. The molecule has 0 saturated heterocycles. The maximum Gasteiger partial charge on any atom is 1.00 e. The zero-order valence-corrected chi connectivity index (χ0v) is 17.7. The summed E-state index contributed by atoms with van der Waals surface area (Å²) in [6, 6.07) is 5.93. The summed E-state index contributed by atoms with van der Waals surface area (Å²) in [6.45, 7) is 1.35. The monoisotopic (exact) mass is 325 g/mol. The van der Waals surface area contributed by atoms with E-state index in [1.807, 2.05) is 0 Å². The van der Waals surface area contributed by atoms with Crippen LogP contribution in [0.2, 0.25) is 0 Å². The largest absolute Gasteiger partial charge is 1.00 e. The Bertz CT molecular complexity index is 509. The Balaban J connectivity index is 0. The van der Waals surface area contributed by atoms with E-state index in [4.69, 9.17) is 0 Å². The summed E-state index contributed by atoms with van der Waals surface area (Å²) >= 11 is 0. The van der Waals surface area contributed by atoms with Crippen LogP contribution in [0.4, 0.5) is 5.69 Å². The summed E-state index contributed by atoms with van der Waals surface area (Å²) in [5, 5.41) is 23.5. The summed E-state index contributed by atoms with van der Waals surface area (Å²) in [5.41, 5.74) is -0.0853. The quantitative estimate of drug-likeness (QED) is 0.256. The summed E-state index contributed by atoms with van der Waals surface area (Å²) in [6.07, 6.45) is 0.919. The van der Waals surface area contributed by atoms with Gasteiger partial charge in [-0.05, 0) is 23.8 Å². The Kier molecular flexibility index (Phi) is 12.9. The normalized spacial score (nSPS) is 8.45. The third-order valence-corrected chi connectivity index (χ3v) is 1.98. The average molecular weight is 325 g/mol. The second-order valence-corrected chi connectivity index (χ2v) is 3.44. The van der Waals surface area contributed by atoms with E-state index in [9.17, 15) is 24.6 Å². The van der Waals surface area contributed by atoms with E-state index in [0.717, 1.165) is 6.08 Å². The number of hydrogen-bond donors (Lipinski definition) is 1. The van der Waals surface area contributed by atoms with Crippen LogP contribution in [0.15, 0.2) is 29.8 Å². The maximum atomic E-state index is 10.8. The smallest absolute Gasteiger partial charge is 0.545 e. The fraction of sp³-hybridized carbons (Fsp3) is 0.0833. The molecule has 0 aliphatic carbocycles. The Hall–Kier alpha value is 0.643. The first-order valence-corrected chi connectivity index (χ1v) is 4.92. The van der Waals surface area contributed by atoms with Crippen molar-refractivity contribution in [3.05, 3.63) is 35.4 Å². The van der Waals surface area contributed by atoms with Gasteiger partial charge in [-0.2, -0.15) is 0 Å². The summed E-state index contributed by atoms with van der Waals surface area (Å²) in [5.74, 6) is -3.88. The number of benzene rings is 1. The molecule has 0 aliphatic rings. The van der Waals surface area contributed by atoms with Crippen molar-refractivity contribution in [3.63, 3.8) is 0 Å². The first-order valence-electron chi connectivity index (χ1n) is 4.92. The van der Waals surface area contributed by atoms with Gasteiger partial charge in [0.15, 0.2) is 0 Å². The molecule has 6 nitrogen and oxygen atoms in total. The summed E-state index contributed by atoms with van der Waals surface area (Å²) in [4.78, 5) is 31.8. The van der Waals surface area contributed by atoms with Gasteiger partial charge in [0.2, 0.25) is 5.91 Å². The van der Waals surface area contributed by atoms with Crippen molar-refractivity contribution in [2.24, 2.45) is 0 Å². The molecule has 20 heavy (non-hydrogen) atoms. The Labute approximate surface area is 200 Å². The third kappa shape index (κ3) is 8.17. The van der Waals surface area contributed by atoms with Gasteiger partial charge < -0.3 is 25.1 Å². The number of carboxylic acids is 2. The van der Waals surface area contributed by atoms with Gasteiger partial charge in [0.05, 0.1) is 11.9 Å². The molecule has 0 radical (unpaired) electrons. The number of rotatable bonds is 4. The molecule has 1 N–H and O–H groups in total. The molecule has 0 heterocycles. The second kappa shape index (κ2) is 11.2. The van der Waals surface area contributed by atoms with E-state index >= 15 is 0 Å². The van der Waals surface area contributed by atoms with E-state index in [0.29, 0.717) is 11.3 Å². The number of amides is 1. The van der Waals surface area contributed by atoms with Crippen LogP contribution in [0.25, 0.3) is 6.08 Å². The van der Waals surface area contributed by atoms with Crippen molar-refractivity contribution in [3.8, 4) is 0 Å². The van der Waals surface area contributed by atoms with Gasteiger partial charge in [0, 0.05) is 18.2 Å². The third-order valence-electron chi connectivity index (χ3n) is 1.98. The van der Waals surface area contributed by atoms with Crippen molar-refractivity contribution in [2.45, 2.75) is 6.92 Å². The minimum atomic E-state index is -1.82. The predicted molar refractivity (Wildman–Crippen MR) is 58.7 cm³/mol. The molecule has 1 aromatic rings. The minimum absolute atomic E-state index is 0. The van der Waals surface area contributed by atoms with Crippen LogP contribution >= 0.6 is 0 Å². The molecule has 0 saturated carbocycles. The topological polar surface area (TPSA) is 109 Å². The molecular formula is C12H9K2NO5. The molecule has 8 heteroatoms. The SMILES string of the molecule is CC(=O)Nc1ccc(C=C(C(=O)[O-])C(=O)[O-])cc1.[K+].[K+]. The fourth-order valence-corrected chi connectivity index (χ4v) is 1.23. The Morgan fingerprint density at radius 1 is 1.00 bits per heavy atom. The van der Waals surface area contributed by atoms with Gasteiger partial charge in [0.25, 0.3) is 0 Å². The molecule has 0 bridgehead atoms. The van der Waals surface area contributed by atoms with E-state index in [1.165, 1.54) is 31.2 Å². The molecule has 1 amide bonds. The van der Waals surface area contributed by atoms with Crippen LogP contribution in [-0.2, 0) is 14.4 Å². The molecule has 1 aromatic carbocycles. The summed E-state index contributed by atoms with van der Waals surface area (Å²) < 4.78 is 0. The van der Waals surface area contributed by atoms with Crippen LogP contribution in [0.1, 0.15) is 12.5 Å². The van der Waals surface area contributed by atoms with Gasteiger partial charge in [-0.15, -0.1) is 0 Å². The van der Waals surface area contributed by atoms with Gasteiger partial charge in [-0.3, -0.25) is 4.79 Å². The standard InChI is InChI=1S/C12H11NO5.2K/c1-7(14)13-9-4-2-8(3-5-9)6-10(11(15)16)12(17)18;;/h2-6H,1H3,(H,13,14)(H,15,16)(H,17,18);;/q;2*+1/p-2. The van der Waals surface area contributed by atoms with E-state index in [2.05, 4.69) is 5.32 Å². The van der Waals surface area contributed by atoms with E-state index < -0.39 is 17.5 Å². The second-order valence-electron chi connectivity index (χ2n) is 3.44. The molecule has 94 valence electrons. The van der Waals surface area contributed by atoms with Gasteiger partial charge in [0.1, 0.15) is 0 Å². The Morgan fingerprint density at radius 3 is 1.80 bits per heavy atom. The molecule has 0 fully saturated rings.